The van der Waals surface area contributed by atoms with E-state index in [1.807, 2.05) is 6.07 Å². The van der Waals surface area contributed by atoms with Gasteiger partial charge in [-0.3, -0.25) is 4.90 Å². The molecule has 0 spiro atoms. The molecule has 5 rings (SSSR count). The molecule has 1 saturated heterocycles. The van der Waals surface area contributed by atoms with Gasteiger partial charge in [-0.25, -0.2) is 0 Å². The van der Waals surface area contributed by atoms with Crippen molar-refractivity contribution in [1.82, 2.24) is 4.90 Å². The highest BCUT2D eigenvalue weighted by Crippen LogP contribution is 2.56. The third kappa shape index (κ3) is 3.16. The van der Waals surface area contributed by atoms with E-state index in [-0.39, 0.29) is 0 Å². The fourth-order valence-electron chi connectivity index (χ4n) is 6.64. The number of piperidine rings is 1. The summed E-state index contributed by atoms with van der Waals surface area (Å²) in [6.45, 7) is 2.49. The number of aryl methyl sites for hydroxylation is 1. The van der Waals surface area contributed by atoms with Crippen LogP contribution in [0.3, 0.4) is 0 Å². The van der Waals surface area contributed by atoms with Gasteiger partial charge in [0.25, 0.3) is 0 Å². The van der Waals surface area contributed by atoms with Crippen LogP contribution in [0.15, 0.2) is 48.5 Å². The minimum atomic E-state index is 0.343. The van der Waals surface area contributed by atoms with E-state index < -0.39 is 0 Å². The Kier molecular flexibility index (Phi) is 4.92. The number of hydrogen-bond acceptors (Lipinski definition) is 2. The summed E-state index contributed by atoms with van der Waals surface area (Å²) in [6.07, 6.45) is 11.7. The smallest absolute Gasteiger partial charge is 0.115 e. The molecule has 1 heterocycles. The van der Waals surface area contributed by atoms with Gasteiger partial charge in [-0.15, -0.1) is 0 Å². The molecular formula is C26H33NO. The molecule has 2 aromatic carbocycles. The first-order valence-corrected chi connectivity index (χ1v) is 11.4. The Hall–Kier alpha value is -1.80. The Labute approximate surface area is 169 Å². The minimum absolute atomic E-state index is 0.343. The summed E-state index contributed by atoms with van der Waals surface area (Å²) in [5.74, 6) is 1.25. The lowest BCUT2D eigenvalue weighted by atomic mass is 9.52. The molecule has 0 aromatic heterocycles. The van der Waals surface area contributed by atoms with Crippen LogP contribution in [-0.2, 0) is 18.3 Å². The Morgan fingerprint density at radius 2 is 1.89 bits per heavy atom. The van der Waals surface area contributed by atoms with E-state index in [0.29, 0.717) is 17.2 Å². The van der Waals surface area contributed by atoms with Crippen LogP contribution in [0.1, 0.15) is 61.6 Å². The SMILES string of the molecule is Oc1ccc2c(c1)[C@@]13CCCC[C@H]1[C@@H](C2)N(CCCCc1ccccc1)CC3. The zero-order chi connectivity index (χ0) is 19.0. The summed E-state index contributed by atoms with van der Waals surface area (Å²) in [5.41, 5.74) is 4.82. The molecule has 1 saturated carbocycles. The van der Waals surface area contributed by atoms with Gasteiger partial charge >= 0.3 is 0 Å². The second kappa shape index (κ2) is 7.55. The minimum Gasteiger partial charge on any atom is -0.508 e. The molecule has 2 aliphatic carbocycles. The second-order valence-corrected chi connectivity index (χ2v) is 9.35. The Morgan fingerprint density at radius 3 is 2.79 bits per heavy atom. The number of benzene rings is 2. The summed E-state index contributed by atoms with van der Waals surface area (Å²) >= 11 is 0. The number of nitrogens with zero attached hydrogens (tertiary/aromatic N) is 1. The first-order chi connectivity index (χ1) is 13.8. The lowest BCUT2D eigenvalue weighted by Crippen LogP contribution is -2.61. The third-order valence-electron chi connectivity index (χ3n) is 7.94. The van der Waals surface area contributed by atoms with Gasteiger partial charge in [0.15, 0.2) is 0 Å². The number of hydrogen-bond donors (Lipinski definition) is 1. The van der Waals surface area contributed by atoms with Crippen molar-refractivity contribution in [2.24, 2.45) is 5.92 Å². The van der Waals surface area contributed by atoms with E-state index in [9.17, 15) is 5.11 Å². The van der Waals surface area contributed by atoms with Crippen LogP contribution >= 0.6 is 0 Å². The maximum Gasteiger partial charge on any atom is 0.115 e. The largest absolute Gasteiger partial charge is 0.508 e. The van der Waals surface area contributed by atoms with Crippen molar-refractivity contribution in [2.45, 2.75) is 69.2 Å². The molecule has 3 atom stereocenters. The van der Waals surface area contributed by atoms with Gasteiger partial charge in [0, 0.05) is 11.5 Å². The summed E-state index contributed by atoms with van der Waals surface area (Å²) in [6, 6.07) is 17.9. The quantitative estimate of drug-likeness (QED) is 0.700. The van der Waals surface area contributed by atoms with Crippen LogP contribution in [0.25, 0.3) is 0 Å². The van der Waals surface area contributed by atoms with Crippen LogP contribution in [0.2, 0.25) is 0 Å². The number of fused-ring (bicyclic) bond motifs is 1. The van der Waals surface area contributed by atoms with Gasteiger partial charge in [0.05, 0.1) is 0 Å². The van der Waals surface area contributed by atoms with Gasteiger partial charge in [-0.1, -0.05) is 49.2 Å². The molecule has 0 amide bonds. The van der Waals surface area contributed by atoms with Crippen LogP contribution in [-0.4, -0.2) is 29.1 Å². The molecule has 0 unspecified atom stereocenters. The predicted molar refractivity (Wildman–Crippen MR) is 115 cm³/mol. The van der Waals surface area contributed by atoms with Crippen molar-refractivity contribution >= 4 is 0 Å². The predicted octanol–water partition coefficient (Wildman–Crippen LogP) is 5.47. The molecule has 2 bridgehead atoms. The monoisotopic (exact) mass is 375 g/mol. The van der Waals surface area contributed by atoms with E-state index in [1.54, 1.807) is 0 Å². The highest BCUT2D eigenvalue weighted by molar-refractivity contribution is 5.45. The van der Waals surface area contributed by atoms with Crippen molar-refractivity contribution in [1.29, 1.82) is 0 Å². The highest BCUT2D eigenvalue weighted by Gasteiger charge is 2.53. The maximum atomic E-state index is 10.2. The van der Waals surface area contributed by atoms with E-state index in [0.717, 1.165) is 5.92 Å². The van der Waals surface area contributed by atoms with Gasteiger partial charge in [0.1, 0.15) is 5.75 Å². The summed E-state index contributed by atoms with van der Waals surface area (Å²) in [4.78, 5) is 2.83. The molecule has 1 aliphatic heterocycles. The number of rotatable bonds is 5. The molecular weight excluding hydrogens is 342 g/mol. The van der Waals surface area contributed by atoms with Crippen molar-refractivity contribution in [2.75, 3.05) is 13.1 Å². The van der Waals surface area contributed by atoms with Gasteiger partial charge in [-0.2, -0.15) is 0 Å². The van der Waals surface area contributed by atoms with Gasteiger partial charge < -0.3 is 5.11 Å². The van der Waals surface area contributed by atoms with Crippen LogP contribution in [0.4, 0.5) is 0 Å². The van der Waals surface area contributed by atoms with Crippen LogP contribution in [0.5, 0.6) is 5.75 Å². The number of aromatic hydroxyl groups is 1. The fourth-order valence-corrected chi connectivity index (χ4v) is 6.64. The summed E-state index contributed by atoms with van der Waals surface area (Å²) < 4.78 is 0. The zero-order valence-corrected chi connectivity index (χ0v) is 16.9. The Balaban J connectivity index is 1.30. The van der Waals surface area contributed by atoms with Crippen molar-refractivity contribution in [3.05, 3.63) is 65.2 Å². The molecule has 0 radical (unpaired) electrons. The second-order valence-electron chi connectivity index (χ2n) is 9.35. The molecule has 2 heteroatoms. The molecule has 1 N–H and O–H groups in total. The van der Waals surface area contributed by atoms with E-state index >= 15 is 0 Å². The molecule has 2 aromatic rings. The highest BCUT2D eigenvalue weighted by atomic mass is 16.3. The third-order valence-corrected chi connectivity index (χ3v) is 7.94. The standard InChI is InChI=1S/C26H33NO/c28-22-13-12-21-18-25-23-11-4-6-14-26(23,24(21)19-22)15-17-27(25)16-7-5-10-20-8-2-1-3-9-20/h1-3,8-9,12-13,19,23,25,28H,4-7,10-11,14-18H2/t23-,25+,26+/m0/s1. The molecule has 2 nitrogen and oxygen atoms in total. The summed E-state index contributed by atoms with van der Waals surface area (Å²) in [5, 5.41) is 10.2. The Morgan fingerprint density at radius 1 is 1.00 bits per heavy atom. The lowest BCUT2D eigenvalue weighted by molar-refractivity contribution is -0.0119. The van der Waals surface area contributed by atoms with Gasteiger partial charge in [-0.05, 0) is 92.8 Å². The number of likely N-dealkylation sites (tertiary alicyclic amines) is 1. The number of phenols is 1. The van der Waals surface area contributed by atoms with E-state index in [2.05, 4.69) is 47.4 Å². The molecule has 28 heavy (non-hydrogen) atoms. The molecule has 2 fully saturated rings. The summed E-state index contributed by atoms with van der Waals surface area (Å²) in [7, 11) is 0. The van der Waals surface area contributed by atoms with Gasteiger partial charge in [0.2, 0.25) is 0 Å². The van der Waals surface area contributed by atoms with Crippen molar-refractivity contribution < 1.29 is 5.11 Å². The molecule has 148 valence electrons. The number of unbranched alkanes of at least 4 members (excludes halogenated alkanes) is 1. The first kappa shape index (κ1) is 18.2. The Bertz CT molecular complexity index is 816. The fraction of sp³-hybridized carbons (Fsp3) is 0.538. The maximum absolute atomic E-state index is 10.2. The normalized spacial score (nSPS) is 29.1. The van der Waals surface area contributed by atoms with E-state index in [1.165, 1.54) is 87.6 Å². The average molecular weight is 376 g/mol. The molecule has 3 aliphatic rings. The average Bonchev–Trinajstić information content (AvgIpc) is 2.74. The van der Waals surface area contributed by atoms with Crippen molar-refractivity contribution in [3.8, 4) is 5.75 Å². The lowest BCUT2D eigenvalue weighted by Gasteiger charge is -2.59. The first-order valence-electron chi connectivity index (χ1n) is 11.4. The zero-order valence-electron chi connectivity index (χ0n) is 16.9. The number of phenolic OH excluding ortho intramolecular Hbond substituents is 1. The topological polar surface area (TPSA) is 23.5 Å². The van der Waals surface area contributed by atoms with Crippen molar-refractivity contribution in [3.63, 3.8) is 0 Å². The van der Waals surface area contributed by atoms with Crippen LogP contribution < -0.4 is 0 Å². The van der Waals surface area contributed by atoms with Crippen LogP contribution in [0, 0.1) is 5.92 Å². The van der Waals surface area contributed by atoms with E-state index in [4.69, 9.17) is 0 Å².